The van der Waals surface area contributed by atoms with Gasteiger partial charge in [-0.1, -0.05) is 38.5 Å². The van der Waals surface area contributed by atoms with Crippen LogP contribution in [0.2, 0.25) is 0 Å². The molecular weight excluding hydrogens is 455 g/mol. The molecule has 7 nitrogen and oxygen atoms in total. The van der Waals surface area contributed by atoms with Gasteiger partial charge in [-0.05, 0) is 43.0 Å². The second-order valence-corrected chi connectivity index (χ2v) is 8.63. The van der Waals surface area contributed by atoms with Crippen LogP contribution in [-0.2, 0) is 4.57 Å². The Labute approximate surface area is 203 Å². The molecule has 186 valence electrons. The van der Waals surface area contributed by atoms with E-state index in [1.54, 1.807) is 43.3 Å². The molecule has 0 fully saturated rings. The van der Waals surface area contributed by atoms with Crippen molar-refractivity contribution >= 4 is 20.7 Å². The van der Waals surface area contributed by atoms with Gasteiger partial charge < -0.3 is 23.5 Å². The van der Waals surface area contributed by atoms with E-state index in [0.717, 1.165) is 0 Å². The molecule has 8 heteroatoms. The fraction of sp³-hybridized carbons (Fsp3) is 0.385. The Morgan fingerprint density at radius 3 is 1.24 bits per heavy atom. The summed E-state index contributed by atoms with van der Waals surface area (Å²) in [6.07, 6.45) is 0.536. The molecule has 1 atom stereocenters. The standard InChI is InChI=1S/C26H32O6.H3OP/c1-16(15-26(2,3)4)21(24(27)22-17(29-5)11-9-12-18(22)30-6)25(28)23-19(31-7)13-10-14-20(23)32-8;1-2/h9-14H,15H2,1-8H3;2H3. The Hall–Kier alpha value is -3.05. The average molecular weight is 491 g/mol. The lowest BCUT2D eigenvalue weighted by Crippen LogP contribution is -2.20. The summed E-state index contributed by atoms with van der Waals surface area (Å²) in [5, 5.41) is 0. The van der Waals surface area contributed by atoms with Gasteiger partial charge in [0.15, 0.2) is 0 Å². The zero-order valence-corrected chi connectivity index (χ0v) is 22.7. The number of hydrogen-bond donors (Lipinski definition) is 0. The van der Waals surface area contributed by atoms with Crippen LogP contribution in [0, 0.1) is 5.41 Å². The molecule has 0 heterocycles. The van der Waals surface area contributed by atoms with Crippen LogP contribution in [0.1, 0.15) is 54.8 Å². The van der Waals surface area contributed by atoms with Gasteiger partial charge in [-0.2, -0.15) is 0 Å². The third-order valence-corrected chi connectivity index (χ3v) is 4.99. The molecule has 0 bridgehead atoms. The number of rotatable bonds is 9. The van der Waals surface area contributed by atoms with E-state index in [1.165, 1.54) is 28.4 Å². The number of hydrogen-bond acceptors (Lipinski definition) is 7. The van der Waals surface area contributed by atoms with Crippen LogP contribution in [0.15, 0.2) is 47.5 Å². The van der Waals surface area contributed by atoms with Crippen molar-refractivity contribution in [1.29, 1.82) is 0 Å². The van der Waals surface area contributed by atoms with Gasteiger partial charge in [0.05, 0.1) is 43.1 Å². The quantitative estimate of drug-likeness (QED) is 0.151. The van der Waals surface area contributed by atoms with Crippen LogP contribution in [0.4, 0.5) is 0 Å². The zero-order chi connectivity index (χ0) is 26.1. The van der Waals surface area contributed by atoms with Gasteiger partial charge in [0.2, 0.25) is 11.6 Å². The Kier molecular flexibility index (Phi) is 11.1. The number of allylic oxidation sites excluding steroid dienone is 2. The van der Waals surface area contributed by atoms with Gasteiger partial charge in [-0.25, -0.2) is 0 Å². The van der Waals surface area contributed by atoms with Crippen molar-refractivity contribution in [1.82, 2.24) is 0 Å². The van der Waals surface area contributed by atoms with Crippen LogP contribution in [0.3, 0.4) is 0 Å². The van der Waals surface area contributed by atoms with Gasteiger partial charge in [0.25, 0.3) is 0 Å². The number of carbonyl (C=O) groups excluding carboxylic acids is 2. The first-order valence-electron chi connectivity index (χ1n) is 10.6. The van der Waals surface area contributed by atoms with Gasteiger partial charge in [0.1, 0.15) is 34.1 Å². The van der Waals surface area contributed by atoms with Gasteiger partial charge in [0, 0.05) is 0 Å². The van der Waals surface area contributed by atoms with Gasteiger partial charge in [-0.3, -0.25) is 9.59 Å². The summed E-state index contributed by atoms with van der Waals surface area (Å²) in [7, 11) is 6.51. The largest absolute Gasteiger partial charge is 0.496 e. The zero-order valence-electron chi connectivity index (χ0n) is 21.2. The molecule has 0 aliphatic carbocycles. The van der Waals surface area contributed by atoms with Gasteiger partial charge >= 0.3 is 0 Å². The minimum atomic E-state index is -0.473. The molecular formula is C26H35O7P. The Morgan fingerprint density at radius 2 is 1.00 bits per heavy atom. The Bertz CT molecular complexity index is 938. The van der Waals surface area contributed by atoms with E-state index in [-0.39, 0.29) is 22.1 Å². The lowest BCUT2D eigenvalue weighted by Gasteiger charge is -2.22. The van der Waals surface area contributed by atoms with E-state index in [9.17, 15) is 9.59 Å². The maximum atomic E-state index is 13.9. The first-order valence-corrected chi connectivity index (χ1v) is 11.2. The van der Waals surface area contributed by atoms with E-state index in [0.29, 0.717) is 44.1 Å². The minimum absolute atomic E-state index is 0.0468. The van der Waals surface area contributed by atoms with Crippen molar-refractivity contribution in [3.05, 3.63) is 58.7 Å². The predicted molar refractivity (Wildman–Crippen MR) is 136 cm³/mol. The highest BCUT2D eigenvalue weighted by Gasteiger charge is 2.32. The third-order valence-electron chi connectivity index (χ3n) is 4.99. The monoisotopic (exact) mass is 490 g/mol. The van der Waals surface area contributed by atoms with Crippen molar-refractivity contribution in [3.63, 3.8) is 0 Å². The number of methoxy groups -OCH3 is 4. The molecule has 0 N–H and O–H groups in total. The van der Waals surface area contributed by atoms with Crippen molar-refractivity contribution in [3.8, 4) is 23.0 Å². The van der Waals surface area contributed by atoms with Crippen molar-refractivity contribution in [2.75, 3.05) is 28.4 Å². The molecule has 34 heavy (non-hydrogen) atoms. The van der Waals surface area contributed by atoms with E-state index in [4.69, 9.17) is 23.5 Å². The molecule has 0 aliphatic heterocycles. The molecule has 0 radical (unpaired) electrons. The van der Waals surface area contributed by atoms with E-state index < -0.39 is 11.6 Å². The highest BCUT2D eigenvalue weighted by Crippen LogP contribution is 2.37. The predicted octanol–water partition coefficient (Wildman–Crippen LogP) is 5.48. The summed E-state index contributed by atoms with van der Waals surface area (Å²) in [4.78, 5) is 27.9. The highest BCUT2D eigenvalue weighted by molar-refractivity contribution is 7.00. The van der Waals surface area contributed by atoms with Crippen LogP contribution >= 0.6 is 9.12 Å². The molecule has 0 amide bonds. The van der Waals surface area contributed by atoms with E-state index >= 15 is 0 Å². The summed E-state index contributed by atoms with van der Waals surface area (Å²) in [5.74, 6) is 0.369. The number of benzene rings is 2. The summed E-state index contributed by atoms with van der Waals surface area (Å²) >= 11 is 0. The first kappa shape index (κ1) is 29.0. The topological polar surface area (TPSA) is 88.1 Å². The molecule has 2 aromatic carbocycles. The minimum Gasteiger partial charge on any atom is -0.496 e. The van der Waals surface area contributed by atoms with Crippen molar-refractivity contribution in [2.45, 2.75) is 34.1 Å². The van der Waals surface area contributed by atoms with Crippen LogP contribution in [0.5, 0.6) is 23.0 Å². The van der Waals surface area contributed by atoms with E-state index in [1.807, 2.05) is 0 Å². The first-order chi connectivity index (χ1) is 16.1. The fourth-order valence-electron chi connectivity index (χ4n) is 3.77. The SMILES string of the molecule is COc1cccc(OC)c1C(=O)C(C(=O)c1c(OC)cccc1OC)=C(C)CC(C)(C)C.O=[PH3]. The Balaban J connectivity index is 0.00000281. The molecule has 0 saturated heterocycles. The molecule has 0 spiro atoms. The fourth-order valence-corrected chi connectivity index (χ4v) is 3.77. The third kappa shape index (κ3) is 6.73. The molecule has 0 aromatic heterocycles. The second-order valence-electron chi connectivity index (χ2n) is 8.63. The van der Waals surface area contributed by atoms with Crippen LogP contribution < -0.4 is 18.9 Å². The normalized spacial score (nSPS) is 10.5. The molecule has 0 saturated carbocycles. The summed E-state index contributed by atoms with van der Waals surface area (Å²) in [6, 6.07) is 10.1. The van der Waals surface area contributed by atoms with Crippen molar-refractivity contribution in [2.24, 2.45) is 5.41 Å². The molecule has 0 aliphatic rings. The van der Waals surface area contributed by atoms with E-state index in [2.05, 4.69) is 20.8 Å². The Morgan fingerprint density at radius 1 is 0.706 bits per heavy atom. The number of ketones is 2. The van der Waals surface area contributed by atoms with Crippen LogP contribution in [-0.4, -0.2) is 40.0 Å². The number of Topliss-reactive ketones (excluding diaryl/α,β-unsaturated/α-hetero) is 2. The number of ether oxygens (including phenoxy) is 4. The van der Waals surface area contributed by atoms with Gasteiger partial charge in [-0.15, -0.1) is 0 Å². The smallest absolute Gasteiger partial charge is 0.204 e. The van der Waals surface area contributed by atoms with Crippen LogP contribution in [0.25, 0.3) is 0 Å². The number of carbonyl (C=O) groups is 2. The van der Waals surface area contributed by atoms with Crippen molar-refractivity contribution < 1.29 is 33.1 Å². The summed E-state index contributed by atoms with van der Waals surface area (Å²) in [6.45, 7) is 7.96. The highest BCUT2D eigenvalue weighted by atomic mass is 31.0. The lowest BCUT2D eigenvalue weighted by molar-refractivity contribution is 0.0954. The maximum absolute atomic E-state index is 13.9. The molecule has 2 aromatic rings. The average Bonchev–Trinajstić information content (AvgIpc) is 2.82. The molecule has 2 rings (SSSR count). The summed E-state index contributed by atoms with van der Waals surface area (Å²) in [5.41, 5.74) is 0.955. The second kappa shape index (κ2) is 13.0. The molecule has 1 unspecified atom stereocenters. The lowest BCUT2D eigenvalue weighted by atomic mass is 9.82. The summed E-state index contributed by atoms with van der Waals surface area (Å²) < 4.78 is 30.0. The maximum Gasteiger partial charge on any atom is 0.204 e.